The molecule has 0 aliphatic heterocycles. The van der Waals surface area contributed by atoms with Gasteiger partial charge in [0.05, 0.1) is 6.20 Å². The van der Waals surface area contributed by atoms with E-state index in [1.54, 1.807) is 6.07 Å². The zero-order valence-electron chi connectivity index (χ0n) is 5.39. The molecule has 0 saturated carbocycles. The van der Waals surface area contributed by atoms with E-state index in [1.165, 1.54) is 17.0 Å². The SMILES string of the molecule is O=C(O)c1cn2occc2n1. The van der Waals surface area contributed by atoms with E-state index in [-0.39, 0.29) is 5.69 Å². The minimum atomic E-state index is -1.05. The molecule has 56 valence electrons. The highest BCUT2D eigenvalue weighted by atomic mass is 16.5. The number of imidazole rings is 1. The van der Waals surface area contributed by atoms with Gasteiger partial charge < -0.3 is 9.63 Å². The van der Waals surface area contributed by atoms with Crippen LogP contribution in [0, 0.1) is 0 Å². The molecule has 0 unspecified atom stereocenters. The van der Waals surface area contributed by atoms with E-state index in [2.05, 4.69) is 4.98 Å². The van der Waals surface area contributed by atoms with Gasteiger partial charge in [0, 0.05) is 6.07 Å². The smallest absolute Gasteiger partial charge is 0.356 e. The van der Waals surface area contributed by atoms with Crippen LogP contribution >= 0.6 is 0 Å². The van der Waals surface area contributed by atoms with Crippen molar-refractivity contribution < 1.29 is 14.4 Å². The fourth-order valence-electron chi connectivity index (χ4n) is 0.834. The lowest BCUT2D eigenvalue weighted by Gasteiger charge is -1.78. The number of aromatic carboxylic acids is 1. The second kappa shape index (κ2) is 1.85. The van der Waals surface area contributed by atoms with Crippen molar-refractivity contribution in [2.45, 2.75) is 0 Å². The Hall–Kier alpha value is -1.78. The molecule has 5 heteroatoms. The van der Waals surface area contributed by atoms with Crippen LogP contribution in [0.25, 0.3) is 5.65 Å². The monoisotopic (exact) mass is 152 g/mol. The number of aromatic nitrogens is 2. The maximum absolute atomic E-state index is 10.4. The van der Waals surface area contributed by atoms with Crippen LogP contribution < -0.4 is 0 Å². The van der Waals surface area contributed by atoms with E-state index in [0.29, 0.717) is 5.65 Å². The molecule has 2 rings (SSSR count). The van der Waals surface area contributed by atoms with Crippen LogP contribution in [0.15, 0.2) is 23.0 Å². The van der Waals surface area contributed by atoms with Gasteiger partial charge in [0.15, 0.2) is 11.3 Å². The molecule has 0 radical (unpaired) electrons. The maximum Gasteiger partial charge on any atom is 0.356 e. The summed E-state index contributed by atoms with van der Waals surface area (Å²) in [5.41, 5.74) is 0.492. The van der Waals surface area contributed by atoms with Gasteiger partial charge >= 0.3 is 5.97 Å². The summed E-state index contributed by atoms with van der Waals surface area (Å²) in [5, 5.41) is 8.49. The number of hydrogen-bond donors (Lipinski definition) is 1. The normalized spacial score (nSPS) is 10.5. The van der Waals surface area contributed by atoms with Crippen LogP contribution in [-0.2, 0) is 0 Å². The molecule has 2 aromatic rings. The second-order valence-electron chi connectivity index (χ2n) is 2.02. The fourth-order valence-corrected chi connectivity index (χ4v) is 0.834. The van der Waals surface area contributed by atoms with Crippen molar-refractivity contribution in [2.24, 2.45) is 0 Å². The van der Waals surface area contributed by atoms with Crippen molar-refractivity contribution in [3.63, 3.8) is 0 Å². The van der Waals surface area contributed by atoms with Crippen LogP contribution in [0.2, 0.25) is 0 Å². The van der Waals surface area contributed by atoms with E-state index < -0.39 is 5.97 Å². The van der Waals surface area contributed by atoms with Gasteiger partial charge in [-0.15, -0.1) is 0 Å². The molecule has 0 amide bonds. The summed E-state index contributed by atoms with van der Waals surface area (Å²) >= 11 is 0. The average molecular weight is 152 g/mol. The quantitative estimate of drug-likeness (QED) is 0.650. The molecule has 2 heterocycles. The van der Waals surface area contributed by atoms with Gasteiger partial charge in [-0.1, -0.05) is 0 Å². The molecule has 0 atom stereocenters. The molecule has 0 aliphatic rings. The lowest BCUT2D eigenvalue weighted by atomic mass is 10.5. The Kier molecular flexibility index (Phi) is 1.00. The summed E-state index contributed by atoms with van der Waals surface area (Å²) in [5.74, 6) is -1.05. The lowest BCUT2D eigenvalue weighted by molar-refractivity contribution is 0.0690. The Labute approximate surface area is 60.8 Å². The van der Waals surface area contributed by atoms with Gasteiger partial charge in [0.1, 0.15) is 6.26 Å². The zero-order chi connectivity index (χ0) is 7.84. The summed E-state index contributed by atoms with van der Waals surface area (Å²) < 4.78 is 6.13. The van der Waals surface area contributed by atoms with Crippen molar-refractivity contribution >= 4 is 11.6 Å². The van der Waals surface area contributed by atoms with Crippen LogP contribution in [-0.4, -0.2) is 20.6 Å². The Bertz CT molecular complexity index is 372. The van der Waals surface area contributed by atoms with E-state index >= 15 is 0 Å². The Morgan fingerprint density at radius 1 is 1.73 bits per heavy atom. The van der Waals surface area contributed by atoms with Gasteiger partial charge in [0.2, 0.25) is 0 Å². The van der Waals surface area contributed by atoms with Gasteiger partial charge in [-0.25, -0.2) is 9.78 Å². The fraction of sp³-hybridized carbons (Fsp3) is 0. The van der Waals surface area contributed by atoms with E-state index in [0.717, 1.165) is 0 Å². The second-order valence-corrected chi connectivity index (χ2v) is 2.02. The van der Waals surface area contributed by atoms with E-state index in [1.807, 2.05) is 0 Å². The zero-order valence-corrected chi connectivity index (χ0v) is 5.39. The van der Waals surface area contributed by atoms with Crippen molar-refractivity contribution in [3.05, 3.63) is 24.2 Å². The van der Waals surface area contributed by atoms with Gasteiger partial charge in [-0.05, 0) is 0 Å². The number of hydrogen-bond acceptors (Lipinski definition) is 3. The minimum absolute atomic E-state index is 0.00986. The third-order valence-electron chi connectivity index (χ3n) is 1.31. The van der Waals surface area contributed by atoms with Gasteiger partial charge in [0.25, 0.3) is 0 Å². The molecule has 0 saturated heterocycles. The molecule has 2 aromatic heterocycles. The maximum atomic E-state index is 10.4. The summed E-state index contributed by atoms with van der Waals surface area (Å²) in [6.45, 7) is 0. The number of carboxylic acid groups (broad SMARTS) is 1. The van der Waals surface area contributed by atoms with E-state index in [9.17, 15) is 4.79 Å². The van der Waals surface area contributed by atoms with Crippen molar-refractivity contribution in [2.75, 3.05) is 0 Å². The average Bonchev–Trinajstić information content (AvgIpc) is 2.40. The highest BCUT2D eigenvalue weighted by Gasteiger charge is 2.08. The predicted molar refractivity (Wildman–Crippen MR) is 34.4 cm³/mol. The summed E-state index contributed by atoms with van der Waals surface area (Å²) in [6, 6.07) is 1.59. The third kappa shape index (κ3) is 0.778. The molecular formula is C6H4N2O3. The van der Waals surface area contributed by atoms with Crippen molar-refractivity contribution in [3.8, 4) is 0 Å². The minimum Gasteiger partial charge on any atom is -0.476 e. The first-order valence-electron chi connectivity index (χ1n) is 2.94. The van der Waals surface area contributed by atoms with Crippen molar-refractivity contribution in [1.82, 2.24) is 9.56 Å². The standard InChI is InChI=1S/C6H4N2O3/c9-6(10)4-3-8-5(7-4)1-2-11-8/h1-3H,(H,9,10). The topological polar surface area (TPSA) is 67.7 Å². The molecule has 1 N–H and O–H groups in total. The van der Waals surface area contributed by atoms with Crippen LogP contribution in [0.5, 0.6) is 0 Å². The predicted octanol–water partition coefficient (Wildman–Crippen LogP) is 0.625. The first-order valence-corrected chi connectivity index (χ1v) is 2.94. The number of nitrogens with zero attached hydrogens (tertiary/aromatic N) is 2. The highest BCUT2D eigenvalue weighted by molar-refractivity contribution is 5.85. The molecule has 0 spiro atoms. The first-order chi connectivity index (χ1) is 5.27. The van der Waals surface area contributed by atoms with Crippen LogP contribution in [0.3, 0.4) is 0 Å². The number of carbonyl (C=O) groups is 1. The molecule has 0 aromatic carbocycles. The molecule has 5 nitrogen and oxygen atoms in total. The number of fused-ring (bicyclic) bond motifs is 1. The van der Waals surface area contributed by atoms with E-state index in [4.69, 9.17) is 9.63 Å². The Morgan fingerprint density at radius 3 is 3.18 bits per heavy atom. The van der Waals surface area contributed by atoms with Gasteiger partial charge in [-0.2, -0.15) is 4.57 Å². The van der Waals surface area contributed by atoms with Gasteiger partial charge in [-0.3, -0.25) is 0 Å². The molecule has 0 fully saturated rings. The molecule has 11 heavy (non-hydrogen) atoms. The Balaban J connectivity index is 2.67. The molecular weight excluding hydrogens is 148 g/mol. The summed E-state index contributed by atoms with van der Waals surface area (Å²) in [6.07, 6.45) is 2.76. The van der Waals surface area contributed by atoms with Crippen LogP contribution in [0.1, 0.15) is 10.5 Å². The molecule has 0 aliphatic carbocycles. The molecule has 0 bridgehead atoms. The highest BCUT2D eigenvalue weighted by Crippen LogP contribution is 2.04. The van der Waals surface area contributed by atoms with Crippen LogP contribution in [0.4, 0.5) is 0 Å². The summed E-state index contributed by atoms with van der Waals surface area (Å²) in [7, 11) is 0. The Morgan fingerprint density at radius 2 is 2.55 bits per heavy atom. The number of carboxylic acids is 1. The largest absolute Gasteiger partial charge is 0.476 e. The van der Waals surface area contributed by atoms with Crippen molar-refractivity contribution in [1.29, 1.82) is 0 Å². The lowest BCUT2D eigenvalue weighted by Crippen LogP contribution is -1.95. The third-order valence-corrected chi connectivity index (χ3v) is 1.31. The number of rotatable bonds is 1. The summed E-state index contributed by atoms with van der Waals surface area (Å²) in [4.78, 5) is 14.1. The first kappa shape index (κ1) is 5.96.